The van der Waals surface area contributed by atoms with E-state index in [1.165, 1.54) is 19.2 Å². The standard InChI is InChI=1S/C10H9ClN4O4S/c1-6-8(11)4-7(5-9(6)15(16)17)20(18,19)14-10-2-3-12-13-10/h2-5H,1H3,(H2,12,13,14). The minimum Gasteiger partial charge on any atom is -0.264 e. The topological polar surface area (TPSA) is 118 Å². The minimum atomic E-state index is -3.99. The molecule has 0 saturated heterocycles. The van der Waals surface area contributed by atoms with Gasteiger partial charge < -0.3 is 0 Å². The van der Waals surface area contributed by atoms with Gasteiger partial charge in [0.25, 0.3) is 15.7 Å². The molecule has 8 nitrogen and oxygen atoms in total. The van der Waals surface area contributed by atoms with E-state index in [1.807, 2.05) is 0 Å². The van der Waals surface area contributed by atoms with E-state index >= 15 is 0 Å². The van der Waals surface area contributed by atoms with E-state index in [-0.39, 0.29) is 27.0 Å². The van der Waals surface area contributed by atoms with Crippen LogP contribution in [0.25, 0.3) is 0 Å². The van der Waals surface area contributed by atoms with Crippen LogP contribution in [0.4, 0.5) is 11.5 Å². The third-order valence-corrected chi connectivity index (χ3v) is 4.28. The summed E-state index contributed by atoms with van der Waals surface area (Å²) in [6.07, 6.45) is 1.36. The fourth-order valence-corrected chi connectivity index (χ4v) is 2.84. The number of benzene rings is 1. The maximum atomic E-state index is 12.1. The van der Waals surface area contributed by atoms with Crippen molar-refractivity contribution >= 4 is 33.1 Å². The predicted octanol–water partition coefficient (Wildman–Crippen LogP) is 2.08. The average Bonchev–Trinajstić information content (AvgIpc) is 2.83. The largest absolute Gasteiger partial charge is 0.275 e. The quantitative estimate of drug-likeness (QED) is 0.661. The molecule has 1 heterocycles. The highest BCUT2D eigenvalue weighted by atomic mass is 35.5. The zero-order valence-electron chi connectivity index (χ0n) is 10.1. The molecule has 2 aromatic rings. The first kappa shape index (κ1) is 14.3. The number of sulfonamides is 1. The number of aromatic amines is 1. The molecule has 10 heteroatoms. The molecule has 2 rings (SSSR count). The fourth-order valence-electron chi connectivity index (χ4n) is 1.50. The molecule has 0 aliphatic rings. The van der Waals surface area contributed by atoms with Gasteiger partial charge in [0.2, 0.25) is 0 Å². The lowest BCUT2D eigenvalue weighted by molar-refractivity contribution is -0.385. The molecule has 1 aromatic heterocycles. The summed E-state index contributed by atoms with van der Waals surface area (Å²) < 4.78 is 26.4. The second-order valence-corrected chi connectivity index (χ2v) is 5.97. The second-order valence-electron chi connectivity index (χ2n) is 3.88. The van der Waals surface area contributed by atoms with Crippen molar-refractivity contribution < 1.29 is 13.3 Å². The van der Waals surface area contributed by atoms with E-state index < -0.39 is 14.9 Å². The molecule has 20 heavy (non-hydrogen) atoms. The van der Waals surface area contributed by atoms with Crippen LogP contribution >= 0.6 is 11.6 Å². The molecule has 0 aliphatic heterocycles. The normalized spacial score (nSPS) is 11.3. The number of H-pyrrole nitrogens is 1. The van der Waals surface area contributed by atoms with E-state index in [2.05, 4.69) is 14.9 Å². The number of hydrogen-bond acceptors (Lipinski definition) is 5. The Kier molecular flexibility index (Phi) is 3.64. The zero-order valence-corrected chi connectivity index (χ0v) is 11.7. The van der Waals surface area contributed by atoms with E-state index in [9.17, 15) is 18.5 Å². The molecule has 0 atom stereocenters. The van der Waals surface area contributed by atoms with Crippen LogP contribution in [-0.4, -0.2) is 23.5 Å². The van der Waals surface area contributed by atoms with Gasteiger partial charge in [0.05, 0.1) is 21.0 Å². The number of nitro benzene ring substituents is 1. The lowest BCUT2D eigenvalue weighted by atomic mass is 10.2. The van der Waals surface area contributed by atoms with Crippen molar-refractivity contribution in [1.29, 1.82) is 0 Å². The third-order valence-electron chi connectivity index (χ3n) is 2.54. The highest BCUT2D eigenvalue weighted by Gasteiger charge is 2.22. The predicted molar refractivity (Wildman–Crippen MR) is 72.2 cm³/mol. The number of aromatic nitrogens is 2. The maximum Gasteiger partial charge on any atom is 0.275 e. The summed E-state index contributed by atoms with van der Waals surface area (Å²) in [5.41, 5.74) is -0.153. The van der Waals surface area contributed by atoms with Crippen molar-refractivity contribution in [1.82, 2.24) is 10.2 Å². The van der Waals surface area contributed by atoms with Crippen LogP contribution < -0.4 is 4.72 Å². The van der Waals surface area contributed by atoms with Crippen LogP contribution in [0, 0.1) is 17.0 Å². The Hall–Kier alpha value is -2.13. The van der Waals surface area contributed by atoms with Crippen LogP contribution in [0.3, 0.4) is 0 Å². The van der Waals surface area contributed by atoms with Gasteiger partial charge in [-0.05, 0) is 13.0 Å². The number of rotatable bonds is 4. The summed E-state index contributed by atoms with van der Waals surface area (Å²) in [6.45, 7) is 1.44. The van der Waals surface area contributed by atoms with Crippen molar-refractivity contribution in [3.05, 3.63) is 45.1 Å². The summed E-state index contributed by atoms with van der Waals surface area (Å²) in [5, 5.41) is 16.9. The van der Waals surface area contributed by atoms with Gasteiger partial charge in [-0.2, -0.15) is 5.10 Å². The Morgan fingerprint density at radius 2 is 2.15 bits per heavy atom. The summed E-state index contributed by atoms with van der Waals surface area (Å²) >= 11 is 5.83. The van der Waals surface area contributed by atoms with Gasteiger partial charge in [0, 0.05) is 17.7 Å². The Labute approximate surface area is 119 Å². The number of nitrogens with one attached hydrogen (secondary N) is 2. The van der Waals surface area contributed by atoms with Gasteiger partial charge in [-0.25, -0.2) is 8.42 Å². The fraction of sp³-hybridized carbons (Fsp3) is 0.100. The second kappa shape index (κ2) is 5.10. The van der Waals surface area contributed by atoms with Crippen LogP contribution in [0.5, 0.6) is 0 Å². The zero-order chi connectivity index (χ0) is 14.9. The minimum absolute atomic E-state index is 0.00388. The molecule has 0 aliphatic carbocycles. The van der Waals surface area contributed by atoms with Gasteiger partial charge in [0.15, 0.2) is 0 Å². The molecular weight excluding hydrogens is 308 g/mol. The SMILES string of the molecule is Cc1c(Cl)cc(S(=O)(=O)Nc2ccn[nH]2)cc1[N+](=O)[O-]. The first-order valence-corrected chi connectivity index (χ1v) is 7.14. The first-order chi connectivity index (χ1) is 9.31. The van der Waals surface area contributed by atoms with Crippen molar-refractivity contribution in [2.75, 3.05) is 4.72 Å². The first-order valence-electron chi connectivity index (χ1n) is 5.28. The smallest absolute Gasteiger partial charge is 0.264 e. The molecule has 0 saturated carbocycles. The molecule has 106 valence electrons. The molecule has 0 spiro atoms. The van der Waals surface area contributed by atoms with Crippen LogP contribution in [0.15, 0.2) is 29.3 Å². The molecule has 1 aromatic carbocycles. The third kappa shape index (κ3) is 2.73. The van der Waals surface area contributed by atoms with Gasteiger partial charge >= 0.3 is 0 Å². The van der Waals surface area contributed by atoms with Gasteiger partial charge in [0.1, 0.15) is 5.82 Å². The summed E-state index contributed by atoms with van der Waals surface area (Å²) in [6, 6.07) is 3.52. The Bertz CT molecular complexity index is 758. The van der Waals surface area contributed by atoms with E-state index in [1.54, 1.807) is 0 Å². The van der Waals surface area contributed by atoms with Crippen molar-refractivity contribution in [3.63, 3.8) is 0 Å². The number of nitro groups is 1. The van der Waals surface area contributed by atoms with Crippen LogP contribution in [0.1, 0.15) is 5.56 Å². The van der Waals surface area contributed by atoms with E-state index in [4.69, 9.17) is 11.6 Å². The number of anilines is 1. The number of nitrogens with zero attached hydrogens (tertiary/aromatic N) is 2. The van der Waals surface area contributed by atoms with Crippen molar-refractivity contribution in [2.45, 2.75) is 11.8 Å². The summed E-state index contributed by atoms with van der Waals surface area (Å²) in [4.78, 5) is 9.90. The highest BCUT2D eigenvalue weighted by Crippen LogP contribution is 2.30. The van der Waals surface area contributed by atoms with E-state index in [0.29, 0.717) is 0 Å². The summed E-state index contributed by atoms with van der Waals surface area (Å²) in [7, 11) is -3.99. The number of hydrogen-bond donors (Lipinski definition) is 2. The Morgan fingerprint density at radius 3 is 2.70 bits per heavy atom. The van der Waals surface area contributed by atoms with Crippen molar-refractivity contribution in [3.8, 4) is 0 Å². The van der Waals surface area contributed by atoms with Crippen LogP contribution in [-0.2, 0) is 10.0 Å². The lowest BCUT2D eigenvalue weighted by Crippen LogP contribution is -2.14. The molecule has 0 fully saturated rings. The monoisotopic (exact) mass is 316 g/mol. The molecule has 0 unspecified atom stereocenters. The van der Waals surface area contributed by atoms with Crippen molar-refractivity contribution in [2.24, 2.45) is 0 Å². The highest BCUT2D eigenvalue weighted by molar-refractivity contribution is 7.92. The van der Waals surface area contributed by atoms with Gasteiger partial charge in [-0.3, -0.25) is 19.9 Å². The Balaban J connectivity index is 2.49. The van der Waals surface area contributed by atoms with E-state index in [0.717, 1.165) is 12.1 Å². The number of halogens is 1. The lowest BCUT2D eigenvalue weighted by Gasteiger charge is -2.08. The molecular formula is C10H9ClN4O4S. The molecule has 2 N–H and O–H groups in total. The van der Waals surface area contributed by atoms with Gasteiger partial charge in [-0.1, -0.05) is 11.6 Å². The Morgan fingerprint density at radius 1 is 1.45 bits per heavy atom. The molecule has 0 bridgehead atoms. The molecule has 0 radical (unpaired) electrons. The molecule has 0 amide bonds. The maximum absolute atomic E-state index is 12.1. The average molecular weight is 317 g/mol. The summed E-state index contributed by atoms with van der Waals surface area (Å²) in [5.74, 6) is 0.143. The van der Waals surface area contributed by atoms with Gasteiger partial charge in [-0.15, -0.1) is 0 Å². The van der Waals surface area contributed by atoms with Crippen LogP contribution in [0.2, 0.25) is 5.02 Å².